The number of hydrazine groups is 1. The summed E-state index contributed by atoms with van der Waals surface area (Å²) < 4.78 is 13.5. The summed E-state index contributed by atoms with van der Waals surface area (Å²) in [6.45, 7) is 0. The topological polar surface area (TPSA) is 50.9 Å². The van der Waals surface area contributed by atoms with Crippen LogP contribution in [0.4, 0.5) is 10.1 Å². The minimum Gasteiger partial charge on any atom is -0.323 e. The van der Waals surface area contributed by atoms with Crippen LogP contribution in [0.2, 0.25) is 5.02 Å². The molecule has 14 heavy (non-hydrogen) atoms. The average molecular weight is 212 g/mol. The van der Waals surface area contributed by atoms with E-state index in [0.717, 1.165) is 0 Å². The highest BCUT2D eigenvalue weighted by atomic mass is 35.5. The minimum atomic E-state index is -0.527. The van der Waals surface area contributed by atoms with E-state index in [9.17, 15) is 4.39 Å². The summed E-state index contributed by atoms with van der Waals surface area (Å²) in [5.41, 5.74) is 3.30. The molecule has 0 aliphatic heterocycles. The average Bonchev–Trinajstić information content (AvgIpc) is 2.23. The predicted molar refractivity (Wildman–Crippen MR) is 54.5 cm³/mol. The lowest BCUT2D eigenvalue weighted by molar-refractivity contribution is 0.637. The van der Waals surface area contributed by atoms with Crippen LogP contribution in [0.1, 0.15) is 0 Å². The molecule has 5 heteroatoms. The molecule has 1 aromatic heterocycles. The van der Waals surface area contributed by atoms with Crippen molar-refractivity contribution >= 4 is 28.2 Å². The first-order valence-corrected chi connectivity index (χ1v) is 4.31. The van der Waals surface area contributed by atoms with Gasteiger partial charge in [-0.1, -0.05) is 11.6 Å². The number of nitrogens with one attached hydrogen (secondary N) is 1. The lowest BCUT2D eigenvalue weighted by atomic mass is 10.2. The van der Waals surface area contributed by atoms with Gasteiger partial charge in [-0.05, 0) is 18.2 Å². The fraction of sp³-hybridized carbons (Fsp3) is 0. The highest BCUT2D eigenvalue weighted by Gasteiger charge is 2.08. The second-order valence-corrected chi connectivity index (χ2v) is 3.17. The molecule has 2 aromatic rings. The summed E-state index contributed by atoms with van der Waals surface area (Å²) in [7, 11) is 0. The zero-order chi connectivity index (χ0) is 10.1. The Labute approximate surface area is 84.7 Å². The molecule has 0 amide bonds. The van der Waals surface area contributed by atoms with Crippen LogP contribution >= 0.6 is 11.6 Å². The second-order valence-electron chi connectivity index (χ2n) is 2.76. The number of rotatable bonds is 1. The van der Waals surface area contributed by atoms with E-state index in [4.69, 9.17) is 17.4 Å². The lowest BCUT2D eigenvalue weighted by Gasteiger charge is -2.05. The van der Waals surface area contributed by atoms with Crippen LogP contribution in [0, 0.1) is 5.82 Å². The summed E-state index contributed by atoms with van der Waals surface area (Å²) >= 11 is 5.62. The molecule has 72 valence electrons. The van der Waals surface area contributed by atoms with Crippen molar-refractivity contribution in [3.63, 3.8) is 0 Å². The highest BCUT2D eigenvalue weighted by molar-refractivity contribution is 6.31. The molecular weight excluding hydrogens is 205 g/mol. The number of nitrogen functional groups attached to an aromatic ring is 1. The van der Waals surface area contributed by atoms with E-state index in [1.165, 1.54) is 12.3 Å². The van der Waals surface area contributed by atoms with E-state index >= 15 is 0 Å². The number of aromatic nitrogens is 1. The maximum atomic E-state index is 13.5. The number of halogens is 2. The maximum absolute atomic E-state index is 13.5. The van der Waals surface area contributed by atoms with Gasteiger partial charge in [0.2, 0.25) is 0 Å². The van der Waals surface area contributed by atoms with Crippen LogP contribution in [0.15, 0.2) is 24.4 Å². The molecule has 0 atom stereocenters. The van der Waals surface area contributed by atoms with E-state index in [1.807, 2.05) is 0 Å². The number of pyridine rings is 1. The molecule has 0 bridgehead atoms. The van der Waals surface area contributed by atoms with Crippen LogP contribution in [0.3, 0.4) is 0 Å². The van der Waals surface area contributed by atoms with Crippen LogP contribution < -0.4 is 11.3 Å². The molecule has 0 fully saturated rings. The summed E-state index contributed by atoms with van der Waals surface area (Å²) in [6, 6.07) is 4.81. The summed E-state index contributed by atoms with van der Waals surface area (Å²) in [5.74, 6) is 4.74. The zero-order valence-corrected chi connectivity index (χ0v) is 7.85. The Morgan fingerprint density at radius 1 is 1.36 bits per heavy atom. The van der Waals surface area contributed by atoms with Crippen LogP contribution in [-0.2, 0) is 0 Å². The van der Waals surface area contributed by atoms with Gasteiger partial charge < -0.3 is 5.43 Å². The molecule has 3 nitrogen and oxygen atoms in total. The summed E-state index contributed by atoms with van der Waals surface area (Å²) in [5, 5.41) is 0.663. The first-order valence-electron chi connectivity index (χ1n) is 3.93. The molecule has 1 heterocycles. The van der Waals surface area contributed by atoms with Gasteiger partial charge in [0.05, 0.1) is 10.7 Å². The smallest absolute Gasteiger partial charge is 0.168 e. The maximum Gasteiger partial charge on any atom is 0.168 e. The van der Waals surface area contributed by atoms with Gasteiger partial charge in [-0.2, -0.15) is 0 Å². The molecule has 0 unspecified atom stereocenters. The van der Waals surface area contributed by atoms with Gasteiger partial charge in [-0.25, -0.2) is 4.39 Å². The molecule has 1 aromatic carbocycles. The Morgan fingerprint density at radius 3 is 2.86 bits per heavy atom. The number of nitrogens with zero attached hydrogens (tertiary/aromatic N) is 1. The monoisotopic (exact) mass is 211 g/mol. The van der Waals surface area contributed by atoms with Crippen LogP contribution in [0.5, 0.6) is 0 Å². The fourth-order valence-corrected chi connectivity index (χ4v) is 1.44. The van der Waals surface area contributed by atoms with Gasteiger partial charge in [0.15, 0.2) is 5.82 Å². The molecule has 3 N–H and O–H groups in total. The Kier molecular flexibility index (Phi) is 2.23. The van der Waals surface area contributed by atoms with Crippen LogP contribution in [-0.4, -0.2) is 4.98 Å². The fourth-order valence-electron chi connectivity index (χ4n) is 1.29. The van der Waals surface area contributed by atoms with Gasteiger partial charge in [0.1, 0.15) is 5.52 Å². The van der Waals surface area contributed by atoms with Crippen molar-refractivity contribution in [1.29, 1.82) is 0 Å². The van der Waals surface area contributed by atoms with Crippen molar-refractivity contribution in [2.75, 3.05) is 5.43 Å². The van der Waals surface area contributed by atoms with Gasteiger partial charge >= 0.3 is 0 Å². The first kappa shape index (κ1) is 9.18. The zero-order valence-electron chi connectivity index (χ0n) is 7.09. The standard InChI is InChI=1S/C9H7ClFN3/c10-6-2-1-5-7(14-12)3-4-13-9(5)8(6)11/h1-4H,12H2,(H,13,14). The largest absolute Gasteiger partial charge is 0.323 e. The summed E-state index contributed by atoms with van der Waals surface area (Å²) in [4.78, 5) is 3.90. The normalized spacial score (nSPS) is 10.5. The van der Waals surface area contributed by atoms with E-state index in [-0.39, 0.29) is 10.5 Å². The third kappa shape index (κ3) is 1.29. The Balaban J connectivity index is 2.86. The van der Waals surface area contributed by atoms with Gasteiger partial charge in [-0.3, -0.25) is 10.8 Å². The van der Waals surface area contributed by atoms with Crippen LogP contribution in [0.25, 0.3) is 10.9 Å². The Morgan fingerprint density at radius 2 is 2.14 bits per heavy atom. The summed E-state index contributed by atoms with van der Waals surface area (Å²) in [6.07, 6.45) is 1.47. The quantitative estimate of drug-likeness (QED) is 0.562. The van der Waals surface area contributed by atoms with E-state index < -0.39 is 5.82 Å². The van der Waals surface area contributed by atoms with Crippen molar-refractivity contribution < 1.29 is 4.39 Å². The Bertz CT molecular complexity index is 487. The number of benzene rings is 1. The SMILES string of the molecule is NNc1ccnc2c(F)c(Cl)ccc12. The first-order chi connectivity index (χ1) is 6.74. The van der Waals surface area contributed by atoms with Crippen molar-refractivity contribution in [2.45, 2.75) is 0 Å². The third-order valence-electron chi connectivity index (χ3n) is 1.96. The van der Waals surface area contributed by atoms with Gasteiger partial charge in [0.25, 0.3) is 0 Å². The van der Waals surface area contributed by atoms with Crippen molar-refractivity contribution in [1.82, 2.24) is 4.98 Å². The number of nitrogens with two attached hydrogens (primary N) is 1. The Hall–Kier alpha value is -1.39. The minimum absolute atomic E-state index is 0.0548. The van der Waals surface area contributed by atoms with E-state index in [2.05, 4.69) is 10.4 Å². The molecular formula is C9H7ClFN3. The molecule has 2 rings (SSSR count). The van der Waals surface area contributed by atoms with Crippen molar-refractivity contribution in [3.05, 3.63) is 35.2 Å². The van der Waals surface area contributed by atoms with Gasteiger partial charge in [0, 0.05) is 11.6 Å². The van der Waals surface area contributed by atoms with E-state index in [0.29, 0.717) is 11.1 Å². The number of hydrogen-bond acceptors (Lipinski definition) is 3. The molecule has 0 aliphatic rings. The highest BCUT2D eigenvalue weighted by Crippen LogP contribution is 2.27. The molecule has 0 saturated carbocycles. The lowest BCUT2D eigenvalue weighted by Crippen LogP contribution is -2.07. The van der Waals surface area contributed by atoms with E-state index in [1.54, 1.807) is 12.1 Å². The van der Waals surface area contributed by atoms with Gasteiger partial charge in [-0.15, -0.1) is 0 Å². The number of fused-ring (bicyclic) bond motifs is 1. The molecule has 0 aliphatic carbocycles. The predicted octanol–water partition coefficient (Wildman–Crippen LogP) is 2.31. The number of anilines is 1. The second kappa shape index (κ2) is 3.40. The molecule has 0 radical (unpaired) electrons. The van der Waals surface area contributed by atoms with Crippen molar-refractivity contribution in [3.8, 4) is 0 Å². The number of hydrogen-bond donors (Lipinski definition) is 2. The van der Waals surface area contributed by atoms with Crippen molar-refractivity contribution in [2.24, 2.45) is 5.84 Å². The molecule has 0 spiro atoms. The third-order valence-corrected chi connectivity index (χ3v) is 2.25. The molecule has 0 saturated heterocycles.